The number of non-ortho nitro benzene ring substituents is 1. The van der Waals surface area contributed by atoms with E-state index in [4.69, 9.17) is 4.74 Å². The predicted octanol–water partition coefficient (Wildman–Crippen LogP) is 2.70. The number of nitro benzene ring substituents is 1. The molecule has 0 saturated heterocycles. The largest absolute Gasteiger partial charge is 0.457 e. The maximum Gasteiger partial charge on any atom is 0.308 e. The third-order valence-electron chi connectivity index (χ3n) is 4.00. The number of carbonyl (C=O) groups excluding carboxylic acids is 3. The highest BCUT2D eigenvalue weighted by atomic mass is 16.6. The molecule has 0 heterocycles. The van der Waals surface area contributed by atoms with Gasteiger partial charge in [-0.05, 0) is 24.1 Å². The molecule has 1 amide bonds. The minimum absolute atomic E-state index is 0.0219. The summed E-state index contributed by atoms with van der Waals surface area (Å²) >= 11 is 0. The standard InChI is InChI=1S/C20H20N2O6/c1-2-14-3-5-15(6-4-14)18(23)13-28-19(24)11-12-21-20(25)16-7-9-17(10-8-16)22(26)27/h3-10H,2,11-13H2,1H3,(H,21,25). The summed E-state index contributed by atoms with van der Waals surface area (Å²) < 4.78 is 4.93. The van der Waals surface area contributed by atoms with Crippen molar-refractivity contribution in [3.8, 4) is 0 Å². The summed E-state index contributed by atoms with van der Waals surface area (Å²) in [5.41, 5.74) is 1.70. The smallest absolute Gasteiger partial charge is 0.308 e. The number of aryl methyl sites for hydroxylation is 1. The van der Waals surface area contributed by atoms with Gasteiger partial charge in [-0.3, -0.25) is 24.5 Å². The first-order valence-electron chi connectivity index (χ1n) is 8.71. The number of nitro groups is 1. The van der Waals surface area contributed by atoms with Crippen LogP contribution in [0.5, 0.6) is 0 Å². The average Bonchev–Trinajstić information content (AvgIpc) is 2.72. The molecule has 28 heavy (non-hydrogen) atoms. The lowest BCUT2D eigenvalue weighted by Crippen LogP contribution is -2.27. The monoisotopic (exact) mass is 384 g/mol. The third-order valence-corrected chi connectivity index (χ3v) is 4.00. The zero-order chi connectivity index (χ0) is 20.5. The maximum atomic E-state index is 12.0. The van der Waals surface area contributed by atoms with Gasteiger partial charge in [0.2, 0.25) is 0 Å². The van der Waals surface area contributed by atoms with Gasteiger partial charge in [0.1, 0.15) is 0 Å². The minimum Gasteiger partial charge on any atom is -0.457 e. The number of hydrogen-bond acceptors (Lipinski definition) is 6. The van der Waals surface area contributed by atoms with E-state index in [1.54, 1.807) is 12.1 Å². The van der Waals surface area contributed by atoms with Crippen molar-refractivity contribution in [2.45, 2.75) is 19.8 Å². The Kier molecular flexibility index (Phi) is 7.38. The van der Waals surface area contributed by atoms with Crippen LogP contribution >= 0.6 is 0 Å². The van der Waals surface area contributed by atoms with Crippen LogP contribution in [0.1, 0.15) is 39.6 Å². The molecule has 0 spiro atoms. The fraction of sp³-hybridized carbons (Fsp3) is 0.250. The first-order chi connectivity index (χ1) is 13.4. The topological polar surface area (TPSA) is 116 Å². The first-order valence-corrected chi connectivity index (χ1v) is 8.71. The van der Waals surface area contributed by atoms with E-state index in [0.29, 0.717) is 5.56 Å². The molecule has 0 fully saturated rings. The van der Waals surface area contributed by atoms with Gasteiger partial charge in [0.25, 0.3) is 11.6 Å². The summed E-state index contributed by atoms with van der Waals surface area (Å²) in [6.07, 6.45) is 0.774. The SMILES string of the molecule is CCc1ccc(C(=O)COC(=O)CCNC(=O)c2ccc([N+](=O)[O-])cc2)cc1. The van der Waals surface area contributed by atoms with E-state index in [1.807, 2.05) is 19.1 Å². The molecule has 0 aliphatic rings. The molecule has 146 valence electrons. The molecule has 0 radical (unpaired) electrons. The van der Waals surface area contributed by atoms with Gasteiger partial charge < -0.3 is 10.1 Å². The van der Waals surface area contributed by atoms with Crippen molar-refractivity contribution in [2.24, 2.45) is 0 Å². The fourth-order valence-corrected chi connectivity index (χ4v) is 2.34. The number of benzene rings is 2. The van der Waals surface area contributed by atoms with E-state index in [0.717, 1.165) is 12.0 Å². The van der Waals surface area contributed by atoms with Crippen LogP contribution in [0.25, 0.3) is 0 Å². The zero-order valence-corrected chi connectivity index (χ0v) is 15.3. The van der Waals surface area contributed by atoms with Crippen LogP contribution in [0, 0.1) is 10.1 Å². The highest BCUT2D eigenvalue weighted by Gasteiger charge is 2.12. The molecule has 0 aliphatic heterocycles. The molecule has 0 atom stereocenters. The molecular weight excluding hydrogens is 364 g/mol. The summed E-state index contributed by atoms with van der Waals surface area (Å²) in [5.74, 6) is -1.37. The highest BCUT2D eigenvalue weighted by molar-refractivity contribution is 5.98. The van der Waals surface area contributed by atoms with E-state index in [-0.39, 0.29) is 36.6 Å². The Balaban J connectivity index is 1.72. The number of nitrogens with zero attached hydrogens (tertiary/aromatic N) is 1. The van der Waals surface area contributed by atoms with Gasteiger partial charge in [-0.1, -0.05) is 31.2 Å². The summed E-state index contributed by atoms with van der Waals surface area (Å²) in [6.45, 7) is 1.67. The Morgan fingerprint density at radius 2 is 1.61 bits per heavy atom. The predicted molar refractivity (Wildman–Crippen MR) is 101 cm³/mol. The molecule has 8 heteroatoms. The molecule has 1 N–H and O–H groups in total. The van der Waals surface area contributed by atoms with Crippen LogP contribution in [-0.4, -0.2) is 35.7 Å². The van der Waals surface area contributed by atoms with Crippen LogP contribution in [0.3, 0.4) is 0 Å². The molecule has 0 bridgehead atoms. The summed E-state index contributed by atoms with van der Waals surface area (Å²) in [6, 6.07) is 12.2. The number of Topliss-reactive ketones (excluding diaryl/α,β-unsaturated/α-hetero) is 1. The van der Waals surface area contributed by atoms with Gasteiger partial charge in [-0.25, -0.2) is 0 Å². The molecular formula is C20H20N2O6. The van der Waals surface area contributed by atoms with Crippen LogP contribution in [0.2, 0.25) is 0 Å². The van der Waals surface area contributed by atoms with Gasteiger partial charge in [0.15, 0.2) is 12.4 Å². The fourth-order valence-electron chi connectivity index (χ4n) is 2.34. The van der Waals surface area contributed by atoms with Crippen LogP contribution < -0.4 is 5.32 Å². The van der Waals surface area contributed by atoms with E-state index in [2.05, 4.69) is 5.32 Å². The molecule has 0 unspecified atom stereocenters. The Morgan fingerprint density at radius 3 is 2.18 bits per heavy atom. The second-order valence-electron chi connectivity index (χ2n) is 5.94. The van der Waals surface area contributed by atoms with E-state index >= 15 is 0 Å². The number of carbonyl (C=O) groups is 3. The van der Waals surface area contributed by atoms with Crippen LogP contribution in [0.15, 0.2) is 48.5 Å². The minimum atomic E-state index is -0.609. The van der Waals surface area contributed by atoms with E-state index < -0.39 is 16.8 Å². The highest BCUT2D eigenvalue weighted by Crippen LogP contribution is 2.11. The lowest BCUT2D eigenvalue weighted by molar-refractivity contribution is -0.384. The molecule has 0 aromatic heterocycles. The number of amides is 1. The summed E-state index contributed by atoms with van der Waals surface area (Å²) in [5, 5.41) is 13.1. The van der Waals surface area contributed by atoms with Gasteiger partial charge in [0, 0.05) is 29.8 Å². The molecule has 2 rings (SSSR count). The maximum absolute atomic E-state index is 12.0. The first kappa shape index (κ1) is 20.8. The Bertz CT molecular complexity index is 859. The quantitative estimate of drug-likeness (QED) is 0.308. The second-order valence-corrected chi connectivity index (χ2v) is 5.94. The van der Waals surface area contributed by atoms with E-state index in [1.165, 1.54) is 24.3 Å². The molecule has 0 aliphatic carbocycles. The Labute approximate surface area is 161 Å². The number of ether oxygens (including phenoxy) is 1. The lowest BCUT2D eigenvalue weighted by atomic mass is 10.1. The summed E-state index contributed by atoms with van der Waals surface area (Å²) in [4.78, 5) is 45.7. The van der Waals surface area contributed by atoms with Gasteiger partial charge >= 0.3 is 5.97 Å². The number of nitrogens with one attached hydrogen (secondary N) is 1. The van der Waals surface area contributed by atoms with Crippen molar-refractivity contribution in [3.63, 3.8) is 0 Å². The molecule has 0 saturated carbocycles. The van der Waals surface area contributed by atoms with Crippen molar-refractivity contribution in [3.05, 3.63) is 75.3 Å². The Hall–Kier alpha value is -3.55. The van der Waals surface area contributed by atoms with Gasteiger partial charge in [-0.2, -0.15) is 0 Å². The van der Waals surface area contributed by atoms with Crippen molar-refractivity contribution in [2.75, 3.05) is 13.2 Å². The van der Waals surface area contributed by atoms with E-state index in [9.17, 15) is 24.5 Å². The number of hydrogen-bond donors (Lipinski definition) is 1. The average molecular weight is 384 g/mol. The van der Waals surface area contributed by atoms with Crippen LogP contribution in [0.4, 0.5) is 5.69 Å². The van der Waals surface area contributed by atoms with Crippen molar-refractivity contribution >= 4 is 23.3 Å². The van der Waals surface area contributed by atoms with Gasteiger partial charge in [0.05, 0.1) is 11.3 Å². The van der Waals surface area contributed by atoms with Gasteiger partial charge in [-0.15, -0.1) is 0 Å². The van der Waals surface area contributed by atoms with Crippen molar-refractivity contribution < 1.29 is 24.0 Å². The lowest BCUT2D eigenvalue weighted by Gasteiger charge is -2.07. The molecule has 2 aromatic carbocycles. The normalized spacial score (nSPS) is 10.2. The zero-order valence-electron chi connectivity index (χ0n) is 15.3. The third kappa shape index (κ3) is 6.01. The molecule has 8 nitrogen and oxygen atoms in total. The second kappa shape index (κ2) is 9.96. The number of esters is 1. The van der Waals surface area contributed by atoms with Crippen molar-refractivity contribution in [1.29, 1.82) is 0 Å². The number of rotatable bonds is 9. The molecule has 2 aromatic rings. The van der Waals surface area contributed by atoms with Crippen LogP contribution in [-0.2, 0) is 16.0 Å². The Morgan fingerprint density at radius 1 is 1.00 bits per heavy atom. The summed E-state index contributed by atoms with van der Waals surface area (Å²) in [7, 11) is 0. The van der Waals surface area contributed by atoms with Crippen molar-refractivity contribution in [1.82, 2.24) is 5.32 Å². The number of ketones is 1.